The Morgan fingerprint density at radius 3 is 2.89 bits per heavy atom. The van der Waals surface area contributed by atoms with Crippen LogP contribution in [0, 0.1) is 5.92 Å². The first-order chi connectivity index (χ1) is 9.26. The lowest BCUT2D eigenvalue weighted by Gasteiger charge is -2.38. The molecule has 2 aliphatic rings. The molecular formula is C15H19NO2S. The SMILES string of the molecule is O=C(CSc1ccc2c(c1)CCC2)N1CC(CO)C1. The summed E-state index contributed by atoms with van der Waals surface area (Å²) in [5.74, 6) is 1.00. The minimum absolute atomic E-state index is 0.190. The number of carbonyl (C=O) groups is 1. The Morgan fingerprint density at radius 2 is 2.11 bits per heavy atom. The van der Waals surface area contributed by atoms with E-state index in [-0.39, 0.29) is 12.5 Å². The van der Waals surface area contributed by atoms with Crippen LogP contribution in [0.4, 0.5) is 0 Å². The molecule has 0 bridgehead atoms. The molecule has 1 aromatic carbocycles. The van der Waals surface area contributed by atoms with Gasteiger partial charge in [0, 0.05) is 30.5 Å². The van der Waals surface area contributed by atoms with Crippen molar-refractivity contribution in [3.05, 3.63) is 29.3 Å². The first kappa shape index (κ1) is 13.0. The maximum atomic E-state index is 11.9. The molecule has 3 rings (SSSR count). The van der Waals surface area contributed by atoms with Gasteiger partial charge in [-0.25, -0.2) is 0 Å². The van der Waals surface area contributed by atoms with Gasteiger partial charge in [0.2, 0.25) is 5.91 Å². The van der Waals surface area contributed by atoms with Gasteiger partial charge >= 0.3 is 0 Å². The van der Waals surface area contributed by atoms with Gasteiger partial charge < -0.3 is 10.0 Å². The smallest absolute Gasteiger partial charge is 0.232 e. The number of rotatable bonds is 4. The molecule has 0 saturated carbocycles. The Morgan fingerprint density at radius 1 is 1.32 bits per heavy atom. The zero-order valence-corrected chi connectivity index (χ0v) is 11.8. The van der Waals surface area contributed by atoms with Crippen molar-refractivity contribution < 1.29 is 9.90 Å². The number of aryl methyl sites for hydroxylation is 2. The summed E-state index contributed by atoms with van der Waals surface area (Å²) in [7, 11) is 0. The second-order valence-electron chi connectivity index (χ2n) is 5.42. The molecule has 0 atom stereocenters. The summed E-state index contributed by atoms with van der Waals surface area (Å²) in [6, 6.07) is 6.59. The fourth-order valence-corrected chi connectivity index (χ4v) is 3.63. The lowest BCUT2D eigenvalue weighted by atomic mass is 10.0. The van der Waals surface area contributed by atoms with E-state index in [4.69, 9.17) is 5.11 Å². The molecule has 1 N–H and O–H groups in total. The molecule has 4 heteroatoms. The van der Waals surface area contributed by atoms with Crippen molar-refractivity contribution in [3.63, 3.8) is 0 Å². The molecular weight excluding hydrogens is 258 g/mol. The number of likely N-dealkylation sites (tertiary alicyclic amines) is 1. The molecule has 1 saturated heterocycles. The van der Waals surface area contributed by atoms with Gasteiger partial charge in [0.25, 0.3) is 0 Å². The molecule has 102 valence electrons. The lowest BCUT2D eigenvalue weighted by Crippen LogP contribution is -2.51. The maximum Gasteiger partial charge on any atom is 0.232 e. The average molecular weight is 277 g/mol. The molecule has 1 heterocycles. The summed E-state index contributed by atoms with van der Waals surface area (Å²) in [5.41, 5.74) is 2.94. The Hall–Kier alpha value is -1.00. The van der Waals surface area contributed by atoms with Crippen molar-refractivity contribution in [2.45, 2.75) is 24.2 Å². The van der Waals surface area contributed by atoms with Gasteiger partial charge in [-0.1, -0.05) is 6.07 Å². The highest BCUT2D eigenvalue weighted by molar-refractivity contribution is 8.00. The van der Waals surface area contributed by atoms with Crippen LogP contribution in [0.2, 0.25) is 0 Å². The second-order valence-corrected chi connectivity index (χ2v) is 6.47. The topological polar surface area (TPSA) is 40.5 Å². The Bertz CT molecular complexity index is 483. The molecule has 19 heavy (non-hydrogen) atoms. The Balaban J connectivity index is 1.51. The van der Waals surface area contributed by atoms with Crippen LogP contribution in [0.15, 0.2) is 23.1 Å². The molecule has 1 fully saturated rings. The molecule has 1 aromatic rings. The number of aliphatic hydroxyl groups is 1. The minimum Gasteiger partial charge on any atom is -0.396 e. The van der Waals surface area contributed by atoms with Crippen LogP contribution in [-0.2, 0) is 17.6 Å². The zero-order valence-electron chi connectivity index (χ0n) is 11.0. The average Bonchev–Trinajstić information content (AvgIpc) is 2.82. The molecule has 1 amide bonds. The van der Waals surface area contributed by atoms with Crippen LogP contribution in [0.3, 0.4) is 0 Å². The number of nitrogens with zero attached hydrogens (tertiary/aromatic N) is 1. The molecule has 0 unspecified atom stereocenters. The van der Waals surface area contributed by atoms with Gasteiger partial charge in [-0.15, -0.1) is 11.8 Å². The molecule has 0 spiro atoms. The minimum atomic E-state index is 0.190. The largest absolute Gasteiger partial charge is 0.396 e. The van der Waals surface area contributed by atoms with E-state index in [1.54, 1.807) is 11.8 Å². The highest BCUT2D eigenvalue weighted by atomic mass is 32.2. The fraction of sp³-hybridized carbons (Fsp3) is 0.533. The van der Waals surface area contributed by atoms with Gasteiger partial charge in [0.05, 0.1) is 5.75 Å². The third kappa shape index (κ3) is 2.79. The predicted octanol–water partition coefficient (Wildman–Crippen LogP) is 1.72. The van der Waals surface area contributed by atoms with Crippen LogP contribution < -0.4 is 0 Å². The Labute approximate surface area is 118 Å². The van der Waals surface area contributed by atoms with Gasteiger partial charge in [0.1, 0.15) is 0 Å². The predicted molar refractivity (Wildman–Crippen MR) is 76.3 cm³/mol. The van der Waals surface area contributed by atoms with E-state index in [0.717, 1.165) is 13.1 Å². The van der Waals surface area contributed by atoms with Crippen LogP contribution in [0.25, 0.3) is 0 Å². The van der Waals surface area contributed by atoms with Crippen molar-refractivity contribution in [3.8, 4) is 0 Å². The van der Waals surface area contributed by atoms with Crippen LogP contribution in [0.5, 0.6) is 0 Å². The van der Waals surface area contributed by atoms with E-state index in [1.807, 2.05) is 4.90 Å². The maximum absolute atomic E-state index is 11.9. The number of hydrogen-bond donors (Lipinski definition) is 1. The van der Waals surface area contributed by atoms with Crippen LogP contribution in [0.1, 0.15) is 17.5 Å². The monoisotopic (exact) mass is 277 g/mol. The number of benzene rings is 1. The number of hydrogen-bond acceptors (Lipinski definition) is 3. The zero-order chi connectivity index (χ0) is 13.2. The quantitative estimate of drug-likeness (QED) is 0.852. The standard InChI is InChI=1S/C15H19NO2S/c17-9-11-7-16(8-11)15(18)10-19-14-5-4-12-2-1-3-13(12)6-14/h4-6,11,17H,1-3,7-10H2. The summed E-state index contributed by atoms with van der Waals surface area (Å²) in [4.78, 5) is 15.0. The van der Waals surface area contributed by atoms with Crippen molar-refractivity contribution in [1.82, 2.24) is 4.90 Å². The van der Waals surface area contributed by atoms with E-state index in [1.165, 1.54) is 35.3 Å². The highest BCUT2D eigenvalue weighted by Crippen LogP contribution is 2.28. The normalized spacial score (nSPS) is 18.3. The summed E-state index contributed by atoms with van der Waals surface area (Å²) < 4.78 is 0. The Kier molecular flexibility index (Phi) is 3.80. The van der Waals surface area contributed by atoms with Crippen molar-refractivity contribution in [2.75, 3.05) is 25.4 Å². The second kappa shape index (κ2) is 5.55. The molecule has 1 aliphatic heterocycles. The van der Waals surface area contributed by atoms with Crippen molar-refractivity contribution in [1.29, 1.82) is 0 Å². The van der Waals surface area contributed by atoms with Gasteiger partial charge in [-0.3, -0.25) is 4.79 Å². The first-order valence-corrected chi connectivity index (χ1v) is 7.88. The van der Waals surface area contributed by atoms with Crippen molar-refractivity contribution in [2.24, 2.45) is 5.92 Å². The van der Waals surface area contributed by atoms with Gasteiger partial charge in [0.15, 0.2) is 0 Å². The summed E-state index contributed by atoms with van der Waals surface area (Å²) >= 11 is 1.63. The molecule has 3 nitrogen and oxygen atoms in total. The summed E-state index contributed by atoms with van der Waals surface area (Å²) in [5, 5.41) is 8.94. The van der Waals surface area contributed by atoms with Gasteiger partial charge in [-0.05, 0) is 42.5 Å². The van der Waals surface area contributed by atoms with Crippen molar-refractivity contribution >= 4 is 17.7 Å². The van der Waals surface area contributed by atoms with E-state index < -0.39 is 0 Å². The summed E-state index contributed by atoms with van der Waals surface area (Å²) in [6.07, 6.45) is 3.65. The molecule has 1 aliphatic carbocycles. The lowest BCUT2D eigenvalue weighted by molar-refractivity contribution is -0.135. The van der Waals surface area contributed by atoms with E-state index in [0.29, 0.717) is 11.7 Å². The number of aliphatic hydroxyl groups excluding tert-OH is 1. The van der Waals surface area contributed by atoms with E-state index in [2.05, 4.69) is 18.2 Å². The highest BCUT2D eigenvalue weighted by Gasteiger charge is 2.29. The number of carbonyl (C=O) groups excluding carboxylic acids is 1. The van der Waals surface area contributed by atoms with Gasteiger partial charge in [-0.2, -0.15) is 0 Å². The molecule has 0 aromatic heterocycles. The third-order valence-corrected chi connectivity index (χ3v) is 4.98. The summed E-state index contributed by atoms with van der Waals surface area (Å²) in [6.45, 7) is 1.64. The molecule has 0 radical (unpaired) electrons. The van der Waals surface area contributed by atoms with E-state index in [9.17, 15) is 4.79 Å². The number of thioether (sulfide) groups is 1. The van der Waals surface area contributed by atoms with E-state index >= 15 is 0 Å². The first-order valence-electron chi connectivity index (χ1n) is 6.89. The van der Waals surface area contributed by atoms with Crippen LogP contribution >= 0.6 is 11.8 Å². The fourth-order valence-electron chi connectivity index (χ4n) is 2.76. The number of amides is 1. The number of fused-ring (bicyclic) bond motifs is 1. The third-order valence-electron chi connectivity index (χ3n) is 4.00. The van der Waals surface area contributed by atoms with Crippen LogP contribution in [-0.4, -0.2) is 41.4 Å².